The second kappa shape index (κ2) is 6.23. The van der Waals surface area contributed by atoms with Gasteiger partial charge in [0.1, 0.15) is 5.69 Å². The SMILES string of the molecule is Cc1cccc(C)c1NC(=O)CCN1C(=O)c2cccnc2C1=O. The van der Waals surface area contributed by atoms with E-state index in [1.54, 1.807) is 12.1 Å². The Bertz CT molecular complexity index is 790. The molecule has 0 aliphatic carbocycles. The molecule has 1 aromatic carbocycles. The van der Waals surface area contributed by atoms with Crippen molar-refractivity contribution in [1.29, 1.82) is 0 Å². The number of benzene rings is 1. The van der Waals surface area contributed by atoms with Crippen LogP contribution in [0.15, 0.2) is 36.5 Å². The Hall–Kier alpha value is -3.02. The summed E-state index contributed by atoms with van der Waals surface area (Å²) in [6.45, 7) is 3.86. The highest BCUT2D eigenvalue weighted by Gasteiger charge is 2.36. The van der Waals surface area contributed by atoms with Gasteiger partial charge in [0.05, 0.1) is 5.56 Å². The summed E-state index contributed by atoms with van der Waals surface area (Å²) in [7, 11) is 0. The molecule has 0 radical (unpaired) electrons. The van der Waals surface area contributed by atoms with Gasteiger partial charge in [-0.1, -0.05) is 18.2 Å². The van der Waals surface area contributed by atoms with E-state index in [1.165, 1.54) is 6.20 Å². The average Bonchev–Trinajstić information content (AvgIpc) is 2.81. The molecule has 6 nitrogen and oxygen atoms in total. The molecule has 1 aromatic heterocycles. The van der Waals surface area contributed by atoms with Crippen molar-refractivity contribution in [2.45, 2.75) is 20.3 Å². The first-order valence-electron chi connectivity index (χ1n) is 7.66. The molecule has 0 saturated carbocycles. The molecule has 1 aliphatic rings. The zero-order chi connectivity index (χ0) is 17.3. The van der Waals surface area contributed by atoms with Crippen LogP contribution in [0.4, 0.5) is 5.69 Å². The maximum Gasteiger partial charge on any atom is 0.280 e. The van der Waals surface area contributed by atoms with Crippen molar-refractivity contribution >= 4 is 23.4 Å². The van der Waals surface area contributed by atoms with E-state index in [-0.39, 0.29) is 30.1 Å². The van der Waals surface area contributed by atoms with Gasteiger partial charge in [-0.25, -0.2) is 0 Å². The molecule has 2 aromatic rings. The summed E-state index contributed by atoms with van der Waals surface area (Å²) >= 11 is 0. The lowest BCUT2D eigenvalue weighted by Crippen LogP contribution is -2.33. The number of rotatable bonds is 4. The average molecular weight is 323 g/mol. The molecule has 3 rings (SSSR count). The molecule has 0 unspecified atom stereocenters. The van der Waals surface area contributed by atoms with Crippen molar-refractivity contribution in [2.24, 2.45) is 0 Å². The Balaban J connectivity index is 1.66. The van der Waals surface area contributed by atoms with Gasteiger partial charge in [0.15, 0.2) is 0 Å². The number of hydrogen-bond donors (Lipinski definition) is 1. The third-order valence-electron chi connectivity index (χ3n) is 4.04. The number of amides is 3. The zero-order valence-corrected chi connectivity index (χ0v) is 13.5. The lowest BCUT2D eigenvalue weighted by molar-refractivity contribution is -0.116. The molecule has 122 valence electrons. The quantitative estimate of drug-likeness (QED) is 0.876. The van der Waals surface area contributed by atoms with E-state index in [0.29, 0.717) is 0 Å². The Morgan fingerprint density at radius 3 is 2.46 bits per heavy atom. The minimum absolute atomic E-state index is 0.0325. The number of anilines is 1. The topological polar surface area (TPSA) is 79.4 Å². The molecule has 0 spiro atoms. The molecular weight excluding hydrogens is 306 g/mol. The summed E-state index contributed by atoms with van der Waals surface area (Å²) in [6, 6.07) is 8.93. The van der Waals surface area contributed by atoms with Crippen molar-refractivity contribution in [2.75, 3.05) is 11.9 Å². The molecule has 24 heavy (non-hydrogen) atoms. The molecular formula is C18H17N3O3. The number of pyridine rings is 1. The fourth-order valence-corrected chi connectivity index (χ4v) is 2.74. The van der Waals surface area contributed by atoms with Gasteiger partial charge in [-0.05, 0) is 37.1 Å². The standard InChI is InChI=1S/C18H17N3O3/c1-11-5-3-6-12(2)15(11)20-14(22)8-10-21-17(23)13-7-4-9-19-16(13)18(21)24/h3-7,9H,8,10H2,1-2H3,(H,20,22). The molecule has 3 amide bonds. The predicted molar refractivity (Wildman–Crippen MR) is 88.8 cm³/mol. The van der Waals surface area contributed by atoms with E-state index in [0.717, 1.165) is 21.7 Å². The fourth-order valence-electron chi connectivity index (χ4n) is 2.74. The number of nitrogens with zero attached hydrogens (tertiary/aromatic N) is 2. The third kappa shape index (κ3) is 2.78. The van der Waals surface area contributed by atoms with Crippen LogP contribution in [0.25, 0.3) is 0 Å². The number of imide groups is 1. The lowest BCUT2D eigenvalue weighted by Gasteiger charge is -2.15. The Morgan fingerprint density at radius 1 is 1.08 bits per heavy atom. The van der Waals surface area contributed by atoms with Gasteiger partial charge in [0.25, 0.3) is 11.8 Å². The first-order valence-corrected chi connectivity index (χ1v) is 7.66. The Kier molecular flexibility index (Phi) is 4.12. The number of carbonyl (C=O) groups excluding carboxylic acids is 3. The van der Waals surface area contributed by atoms with Gasteiger partial charge in [0.2, 0.25) is 5.91 Å². The van der Waals surface area contributed by atoms with Gasteiger partial charge < -0.3 is 5.32 Å². The summed E-state index contributed by atoms with van der Waals surface area (Å²) in [6.07, 6.45) is 1.51. The first kappa shape index (κ1) is 15.9. The van der Waals surface area contributed by atoms with Gasteiger partial charge in [-0.3, -0.25) is 24.3 Å². The Labute approximate surface area is 139 Å². The van der Waals surface area contributed by atoms with Crippen LogP contribution in [0.3, 0.4) is 0 Å². The van der Waals surface area contributed by atoms with Crippen LogP contribution in [0.1, 0.15) is 38.4 Å². The molecule has 0 fully saturated rings. The van der Waals surface area contributed by atoms with Gasteiger partial charge in [-0.2, -0.15) is 0 Å². The summed E-state index contributed by atoms with van der Waals surface area (Å²) < 4.78 is 0. The van der Waals surface area contributed by atoms with Crippen LogP contribution >= 0.6 is 0 Å². The fraction of sp³-hybridized carbons (Fsp3) is 0.222. The monoisotopic (exact) mass is 323 g/mol. The number of para-hydroxylation sites is 1. The summed E-state index contributed by atoms with van der Waals surface area (Å²) in [5.41, 5.74) is 3.14. The first-order chi connectivity index (χ1) is 11.5. The maximum absolute atomic E-state index is 12.2. The highest BCUT2D eigenvalue weighted by atomic mass is 16.2. The van der Waals surface area contributed by atoms with Crippen molar-refractivity contribution in [1.82, 2.24) is 9.88 Å². The van der Waals surface area contributed by atoms with E-state index >= 15 is 0 Å². The van der Waals surface area contributed by atoms with Crippen LogP contribution in [0.5, 0.6) is 0 Å². The smallest absolute Gasteiger partial charge is 0.280 e. The van der Waals surface area contributed by atoms with Crippen LogP contribution in [0, 0.1) is 13.8 Å². The van der Waals surface area contributed by atoms with Gasteiger partial charge >= 0.3 is 0 Å². The number of hydrogen-bond acceptors (Lipinski definition) is 4. The zero-order valence-electron chi connectivity index (χ0n) is 13.5. The maximum atomic E-state index is 12.2. The van der Waals surface area contributed by atoms with Crippen molar-refractivity contribution in [3.05, 3.63) is 58.9 Å². The van der Waals surface area contributed by atoms with Crippen LogP contribution in [-0.2, 0) is 4.79 Å². The summed E-state index contributed by atoms with van der Waals surface area (Å²) in [5.74, 6) is -1.09. The molecule has 0 saturated heterocycles. The van der Waals surface area contributed by atoms with E-state index in [2.05, 4.69) is 10.3 Å². The number of fused-ring (bicyclic) bond motifs is 1. The van der Waals surface area contributed by atoms with Crippen molar-refractivity contribution in [3.63, 3.8) is 0 Å². The number of aromatic nitrogens is 1. The van der Waals surface area contributed by atoms with Gasteiger partial charge in [-0.15, -0.1) is 0 Å². The van der Waals surface area contributed by atoms with E-state index < -0.39 is 11.8 Å². The lowest BCUT2D eigenvalue weighted by atomic mass is 10.1. The summed E-state index contributed by atoms with van der Waals surface area (Å²) in [5, 5.41) is 2.85. The van der Waals surface area contributed by atoms with E-state index in [9.17, 15) is 14.4 Å². The normalized spacial score (nSPS) is 13.2. The number of nitrogens with one attached hydrogen (secondary N) is 1. The van der Waals surface area contributed by atoms with Crippen LogP contribution < -0.4 is 5.32 Å². The molecule has 0 atom stereocenters. The van der Waals surface area contributed by atoms with Crippen molar-refractivity contribution in [3.8, 4) is 0 Å². The van der Waals surface area contributed by atoms with Crippen LogP contribution in [-0.4, -0.2) is 34.2 Å². The molecule has 6 heteroatoms. The second-order valence-corrected chi connectivity index (χ2v) is 5.73. The molecule has 0 bridgehead atoms. The largest absolute Gasteiger partial charge is 0.326 e. The molecule has 1 aliphatic heterocycles. The minimum Gasteiger partial charge on any atom is -0.326 e. The number of carbonyl (C=O) groups is 3. The van der Waals surface area contributed by atoms with Gasteiger partial charge in [0, 0.05) is 24.8 Å². The predicted octanol–water partition coefficient (Wildman–Crippen LogP) is 2.32. The molecule has 1 N–H and O–H groups in total. The Morgan fingerprint density at radius 2 is 1.79 bits per heavy atom. The van der Waals surface area contributed by atoms with Crippen molar-refractivity contribution < 1.29 is 14.4 Å². The van der Waals surface area contributed by atoms with E-state index in [1.807, 2.05) is 32.0 Å². The highest BCUT2D eigenvalue weighted by Crippen LogP contribution is 2.22. The highest BCUT2D eigenvalue weighted by molar-refractivity contribution is 6.20. The third-order valence-corrected chi connectivity index (χ3v) is 4.04. The second-order valence-electron chi connectivity index (χ2n) is 5.73. The summed E-state index contributed by atoms with van der Waals surface area (Å²) in [4.78, 5) is 41.6. The van der Waals surface area contributed by atoms with E-state index in [4.69, 9.17) is 0 Å². The molecule has 2 heterocycles. The minimum atomic E-state index is -0.449. The van der Waals surface area contributed by atoms with Crippen LogP contribution in [0.2, 0.25) is 0 Å². The number of aryl methyl sites for hydroxylation is 2.